The van der Waals surface area contributed by atoms with Crippen molar-refractivity contribution in [3.8, 4) is 0 Å². The normalized spacial score (nSPS) is 12.3. The molecular formula is C13H20N2OS. The summed E-state index contributed by atoms with van der Waals surface area (Å²) in [6, 6.07) is 8.19. The van der Waals surface area contributed by atoms with Crippen LogP contribution in [0.25, 0.3) is 0 Å². The molecule has 3 N–H and O–H groups in total. The first-order valence-corrected chi connectivity index (χ1v) is 6.22. The molecule has 0 aliphatic rings. The molecule has 0 aromatic heterocycles. The number of rotatable bonds is 4. The van der Waals surface area contributed by atoms with Crippen LogP contribution in [-0.4, -0.2) is 22.9 Å². The number of anilines is 1. The molecule has 0 saturated carbocycles. The minimum atomic E-state index is -0.405. The highest BCUT2D eigenvalue weighted by Crippen LogP contribution is 2.16. The van der Waals surface area contributed by atoms with Crippen molar-refractivity contribution in [2.75, 3.05) is 11.9 Å². The zero-order chi connectivity index (χ0) is 12.8. The van der Waals surface area contributed by atoms with Gasteiger partial charge in [0.1, 0.15) is 0 Å². The van der Waals surface area contributed by atoms with Crippen molar-refractivity contribution in [2.45, 2.75) is 32.8 Å². The van der Waals surface area contributed by atoms with Crippen LogP contribution >= 0.6 is 12.2 Å². The minimum Gasteiger partial charge on any atom is -0.392 e. The predicted molar refractivity (Wildman–Crippen MR) is 76.4 cm³/mol. The highest BCUT2D eigenvalue weighted by molar-refractivity contribution is 7.80. The Bertz CT molecular complexity index is 360. The molecule has 1 aromatic carbocycles. The van der Waals surface area contributed by atoms with Crippen molar-refractivity contribution in [1.82, 2.24) is 5.32 Å². The fourth-order valence-corrected chi connectivity index (χ4v) is 1.57. The van der Waals surface area contributed by atoms with Gasteiger partial charge in [0.15, 0.2) is 5.11 Å². The topological polar surface area (TPSA) is 44.3 Å². The van der Waals surface area contributed by atoms with Gasteiger partial charge in [-0.1, -0.05) is 26.0 Å². The SMILES string of the molecule is CC(C)c1ccc(NC(=S)NC[C@H](C)O)cc1. The van der Waals surface area contributed by atoms with Crippen molar-refractivity contribution in [1.29, 1.82) is 0 Å². The molecule has 0 amide bonds. The number of nitrogens with one attached hydrogen (secondary N) is 2. The highest BCUT2D eigenvalue weighted by Gasteiger charge is 2.01. The molecule has 0 saturated heterocycles. The van der Waals surface area contributed by atoms with Gasteiger partial charge in [-0.25, -0.2) is 0 Å². The number of aliphatic hydroxyl groups excluding tert-OH is 1. The summed E-state index contributed by atoms with van der Waals surface area (Å²) in [6.45, 7) is 6.50. The lowest BCUT2D eigenvalue weighted by molar-refractivity contribution is 0.198. The van der Waals surface area contributed by atoms with E-state index in [0.717, 1.165) is 5.69 Å². The molecule has 0 fully saturated rings. The van der Waals surface area contributed by atoms with E-state index in [-0.39, 0.29) is 0 Å². The average Bonchev–Trinajstić information content (AvgIpc) is 2.27. The van der Waals surface area contributed by atoms with Crippen LogP contribution in [0.3, 0.4) is 0 Å². The standard InChI is InChI=1S/C13H20N2OS/c1-9(2)11-4-6-12(7-5-11)15-13(17)14-8-10(3)16/h4-7,9-10,16H,8H2,1-3H3,(H2,14,15,17)/t10-/m0/s1. The van der Waals surface area contributed by atoms with Gasteiger partial charge in [0.2, 0.25) is 0 Å². The van der Waals surface area contributed by atoms with Gasteiger partial charge in [-0.05, 0) is 42.8 Å². The van der Waals surface area contributed by atoms with Crippen molar-refractivity contribution in [3.05, 3.63) is 29.8 Å². The predicted octanol–water partition coefficient (Wildman–Crippen LogP) is 2.48. The Morgan fingerprint density at radius 3 is 2.29 bits per heavy atom. The lowest BCUT2D eigenvalue weighted by Crippen LogP contribution is -2.33. The molecule has 0 spiro atoms. The summed E-state index contributed by atoms with van der Waals surface area (Å²) in [7, 11) is 0. The minimum absolute atomic E-state index is 0.405. The first-order valence-electron chi connectivity index (χ1n) is 5.82. The van der Waals surface area contributed by atoms with Gasteiger partial charge in [-0.15, -0.1) is 0 Å². The van der Waals surface area contributed by atoms with Gasteiger partial charge in [-0.2, -0.15) is 0 Å². The molecule has 4 heteroatoms. The molecular weight excluding hydrogens is 232 g/mol. The van der Waals surface area contributed by atoms with Gasteiger partial charge in [0, 0.05) is 12.2 Å². The van der Waals surface area contributed by atoms with Crippen LogP contribution in [0.4, 0.5) is 5.69 Å². The van der Waals surface area contributed by atoms with E-state index in [9.17, 15) is 0 Å². The van der Waals surface area contributed by atoms with Crippen LogP contribution < -0.4 is 10.6 Å². The van der Waals surface area contributed by atoms with E-state index in [1.807, 2.05) is 12.1 Å². The van der Waals surface area contributed by atoms with Crippen molar-refractivity contribution >= 4 is 23.0 Å². The van der Waals surface area contributed by atoms with E-state index in [1.165, 1.54) is 5.56 Å². The molecule has 0 heterocycles. The van der Waals surface area contributed by atoms with Crippen molar-refractivity contribution in [3.63, 3.8) is 0 Å². The summed E-state index contributed by atoms with van der Waals surface area (Å²) in [5.74, 6) is 0.532. The molecule has 94 valence electrons. The lowest BCUT2D eigenvalue weighted by atomic mass is 10.0. The van der Waals surface area contributed by atoms with E-state index in [0.29, 0.717) is 17.6 Å². The van der Waals surface area contributed by atoms with Crippen LogP contribution in [0, 0.1) is 0 Å². The number of hydrogen-bond donors (Lipinski definition) is 3. The summed E-state index contributed by atoms with van der Waals surface area (Å²) in [5.41, 5.74) is 2.26. The molecule has 0 bridgehead atoms. The lowest BCUT2D eigenvalue weighted by Gasteiger charge is -2.12. The Kier molecular flexibility index (Phi) is 5.38. The maximum atomic E-state index is 9.11. The second kappa shape index (κ2) is 6.57. The van der Waals surface area contributed by atoms with Crippen LogP contribution in [0.1, 0.15) is 32.3 Å². The monoisotopic (exact) mass is 252 g/mol. The quantitative estimate of drug-likeness (QED) is 0.720. The second-order valence-corrected chi connectivity index (χ2v) is 4.87. The number of thiocarbonyl (C=S) groups is 1. The molecule has 1 aromatic rings. The number of aliphatic hydroxyl groups is 1. The Labute approximate surface area is 108 Å². The Morgan fingerprint density at radius 2 is 1.82 bits per heavy atom. The summed E-state index contributed by atoms with van der Waals surface area (Å²) < 4.78 is 0. The van der Waals surface area contributed by atoms with Gasteiger partial charge >= 0.3 is 0 Å². The second-order valence-electron chi connectivity index (χ2n) is 4.46. The highest BCUT2D eigenvalue weighted by atomic mass is 32.1. The molecule has 0 unspecified atom stereocenters. The summed E-state index contributed by atoms with van der Waals surface area (Å²) in [5, 5.41) is 15.7. The Balaban J connectivity index is 2.48. The maximum absolute atomic E-state index is 9.11. The summed E-state index contributed by atoms with van der Waals surface area (Å²) in [6.07, 6.45) is -0.405. The third-order valence-electron chi connectivity index (χ3n) is 2.39. The molecule has 1 rings (SSSR count). The molecule has 0 aliphatic heterocycles. The maximum Gasteiger partial charge on any atom is 0.170 e. The summed E-state index contributed by atoms with van der Waals surface area (Å²) in [4.78, 5) is 0. The van der Waals surface area contributed by atoms with Crippen LogP contribution in [0.15, 0.2) is 24.3 Å². The zero-order valence-corrected chi connectivity index (χ0v) is 11.3. The van der Waals surface area contributed by atoms with E-state index in [1.54, 1.807) is 6.92 Å². The van der Waals surface area contributed by atoms with E-state index >= 15 is 0 Å². The first-order chi connectivity index (χ1) is 7.99. The summed E-state index contributed by atoms with van der Waals surface area (Å²) >= 11 is 5.11. The zero-order valence-electron chi connectivity index (χ0n) is 10.5. The third kappa shape index (κ3) is 5.15. The Hall–Kier alpha value is -1.13. The van der Waals surface area contributed by atoms with Crippen LogP contribution in [0.2, 0.25) is 0 Å². The van der Waals surface area contributed by atoms with Gasteiger partial charge in [0.05, 0.1) is 6.10 Å². The van der Waals surface area contributed by atoms with Crippen LogP contribution in [0.5, 0.6) is 0 Å². The molecule has 17 heavy (non-hydrogen) atoms. The van der Waals surface area contributed by atoms with E-state index in [2.05, 4.69) is 36.6 Å². The van der Waals surface area contributed by atoms with Gasteiger partial charge in [-0.3, -0.25) is 0 Å². The molecule has 1 atom stereocenters. The Morgan fingerprint density at radius 1 is 1.24 bits per heavy atom. The number of benzene rings is 1. The molecule has 0 radical (unpaired) electrons. The van der Waals surface area contributed by atoms with Crippen molar-refractivity contribution in [2.24, 2.45) is 0 Å². The largest absolute Gasteiger partial charge is 0.392 e. The molecule has 0 aliphatic carbocycles. The van der Waals surface area contributed by atoms with E-state index in [4.69, 9.17) is 17.3 Å². The van der Waals surface area contributed by atoms with Crippen LogP contribution in [-0.2, 0) is 0 Å². The average molecular weight is 252 g/mol. The smallest absolute Gasteiger partial charge is 0.170 e. The van der Waals surface area contributed by atoms with Gasteiger partial charge in [0.25, 0.3) is 0 Å². The fraction of sp³-hybridized carbons (Fsp3) is 0.462. The molecule has 3 nitrogen and oxygen atoms in total. The van der Waals surface area contributed by atoms with Crippen molar-refractivity contribution < 1.29 is 5.11 Å². The first kappa shape index (κ1) is 13.9. The number of hydrogen-bond acceptors (Lipinski definition) is 2. The third-order valence-corrected chi connectivity index (χ3v) is 2.64. The fourth-order valence-electron chi connectivity index (χ4n) is 1.37. The van der Waals surface area contributed by atoms with E-state index < -0.39 is 6.10 Å². The van der Waals surface area contributed by atoms with Gasteiger partial charge < -0.3 is 15.7 Å².